The summed E-state index contributed by atoms with van der Waals surface area (Å²) in [6, 6.07) is -0.607. The molecular formula is C11H23NO4S2. The normalized spacial score (nSPS) is 13.3. The van der Waals surface area contributed by atoms with Gasteiger partial charge in [-0.05, 0) is 25.5 Å². The van der Waals surface area contributed by atoms with Gasteiger partial charge in [-0.3, -0.25) is 4.79 Å². The molecule has 1 atom stereocenters. The Labute approximate surface area is 114 Å². The van der Waals surface area contributed by atoms with Crippen molar-refractivity contribution in [3.05, 3.63) is 0 Å². The van der Waals surface area contributed by atoms with E-state index in [2.05, 4.69) is 0 Å². The second kappa shape index (κ2) is 9.63. The third kappa shape index (κ3) is 8.77. The van der Waals surface area contributed by atoms with E-state index < -0.39 is 21.8 Å². The fraction of sp³-hybridized carbons (Fsp3) is 0.909. The second-order valence-electron chi connectivity index (χ2n) is 3.91. The molecule has 0 heterocycles. The van der Waals surface area contributed by atoms with Gasteiger partial charge >= 0.3 is 5.97 Å². The number of rotatable bonds is 10. The van der Waals surface area contributed by atoms with E-state index in [1.54, 1.807) is 6.92 Å². The molecule has 0 fully saturated rings. The van der Waals surface area contributed by atoms with Crippen LogP contribution in [0.2, 0.25) is 0 Å². The van der Waals surface area contributed by atoms with Crippen molar-refractivity contribution in [3.63, 3.8) is 0 Å². The van der Waals surface area contributed by atoms with Crippen LogP contribution in [0.15, 0.2) is 0 Å². The van der Waals surface area contributed by atoms with E-state index in [1.807, 2.05) is 6.92 Å². The summed E-state index contributed by atoms with van der Waals surface area (Å²) >= 11 is 1.50. The molecule has 108 valence electrons. The Hall–Kier alpha value is -0.270. The fourth-order valence-electron chi connectivity index (χ4n) is 1.28. The number of hydrogen-bond donors (Lipinski definition) is 1. The number of hydrogen-bond acceptors (Lipinski definition) is 6. The number of sulfone groups is 1. The van der Waals surface area contributed by atoms with Crippen LogP contribution < -0.4 is 5.73 Å². The topological polar surface area (TPSA) is 86.5 Å². The van der Waals surface area contributed by atoms with Crippen LogP contribution in [0, 0.1) is 0 Å². The van der Waals surface area contributed by atoms with E-state index >= 15 is 0 Å². The van der Waals surface area contributed by atoms with Gasteiger partial charge in [-0.15, -0.1) is 0 Å². The van der Waals surface area contributed by atoms with E-state index in [0.717, 1.165) is 0 Å². The number of thioether (sulfide) groups is 1. The summed E-state index contributed by atoms with van der Waals surface area (Å²) in [6.07, 6.45) is 1.16. The highest BCUT2D eigenvalue weighted by Gasteiger charge is 2.14. The molecule has 0 saturated carbocycles. The van der Waals surface area contributed by atoms with Crippen LogP contribution >= 0.6 is 11.8 Å². The lowest BCUT2D eigenvalue weighted by molar-refractivity contribution is -0.144. The third-order valence-electron chi connectivity index (χ3n) is 2.22. The summed E-state index contributed by atoms with van der Waals surface area (Å²) in [7, 11) is -2.90. The molecule has 0 aliphatic rings. The number of esters is 1. The largest absolute Gasteiger partial charge is 0.465 e. The van der Waals surface area contributed by atoms with E-state index in [4.69, 9.17) is 10.5 Å². The minimum absolute atomic E-state index is 0.195. The van der Waals surface area contributed by atoms with E-state index in [-0.39, 0.29) is 11.5 Å². The van der Waals surface area contributed by atoms with Crippen LogP contribution in [0.5, 0.6) is 0 Å². The van der Waals surface area contributed by atoms with Gasteiger partial charge in [0.15, 0.2) is 9.84 Å². The van der Waals surface area contributed by atoms with Gasteiger partial charge in [0.05, 0.1) is 12.4 Å². The molecule has 0 bridgehead atoms. The summed E-state index contributed by atoms with van der Waals surface area (Å²) in [6.45, 7) is 3.91. The molecule has 0 radical (unpaired) electrons. The fourth-order valence-corrected chi connectivity index (χ4v) is 4.22. The third-order valence-corrected chi connectivity index (χ3v) is 5.35. The van der Waals surface area contributed by atoms with Crippen molar-refractivity contribution in [2.24, 2.45) is 5.73 Å². The average molecular weight is 297 g/mol. The predicted octanol–water partition coefficient (Wildman–Crippen LogP) is 0.825. The zero-order chi connectivity index (χ0) is 14.0. The SMILES string of the molecule is CCCS(=O)(=O)CCSCCC(N)C(=O)OCC. The lowest BCUT2D eigenvalue weighted by Crippen LogP contribution is -2.32. The maximum atomic E-state index is 11.4. The van der Waals surface area contributed by atoms with Crippen LogP contribution in [-0.4, -0.2) is 50.0 Å². The Bertz CT molecular complexity index is 330. The Morgan fingerprint density at radius 1 is 1.28 bits per heavy atom. The maximum absolute atomic E-state index is 11.4. The zero-order valence-electron chi connectivity index (χ0n) is 11.1. The average Bonchev–Trinajstić information content (AvgIpc) is 2.28. The highest BCUT2D eigenvalue weighted by Crippen LogP contribution is 2.07. The summed E-state index contributed by atoms with van der Waals surface area (Å²) in [5.74, 6) is 1.27. The van der Waals surface area contributed by atoms with E-state index in [0.29, 0.717) is 31.0 Å². The highest BCUT2D eigenvalue weighted by molar-refractivity contribution is 8.00. The number of carbonyl (C=O) groups excluding carboxylic acids is 1. The Morgan fingerprint density at radius 3 is 2.50 bits per heavy atom. The van der Waals surface area contributed by atoms with Gasteiger partial charge < -0.3 is 10.5 Å². The van der Waals surface area contributed by atoms with Gasteiger partial charge in [0.25, 0.3) is 0 Å². The quantitative estimate of drug-likeness (QED) is 0.475. The molecule has 5 nitrogen and oxygen atoms in total. The Balaban J connectivity index is 3.65. The van der Waals surface area contributed by atoms with Gasteiger partial charge in [0, 0.05) is 11.5 Å². The van der Waals surface area contributed by atoms with Gasteiger partial charge in [-0.1, -0.05) is 6.92 Å². The molecule has 0 spiro atoms. The lowest BCUT2D eigenvalue weighted by Gasteiger charge is -2.09. The van der Waals surface area contributed by atoms with Crippen molar-refractivity contribution >= 4 is 27.6 Å². The van der Waals surface area contributed by atoms with Crippen molar-refractivity contribution in [3.8, 4) is 0 Å². The summed E-state index contributed by atoms with van der Waals surface area (Å²) in [5.41, 5.74) is 5.61. The van der Waals surface area contributed by atoms with Gasteiger partial charge in [0.2, 0.25) is 0 Å². The van der Waals surface area contributed by atoms with E-state index in [9.17, 15) is 13.2 Å². The zero-order valence-corrected chi connectivity index (χ0v) is 12.7. The van der Waals surface area contributed by atoms with Crippen LogP contribution in [-0.2, 0) is 19.4 Å². The molecular weight excluding hydrogens is 274 g/mol. The first-order chi connectivity index (χ1) is 8.43. The first-order valence-corrected chi connectivity index (χ1v) is 9.11. The Kier molecular flexibility index (Phi) is 9.49. The van der Waals surface area contributed by atoms with Crippen LogP contribution in [0.3, 0.4) is 0 Å². The van der Waals surface area contributed by atoms with Gasteiger partial charge in [0.1, 0.15) is 6.04 Å². The van der Waals surface area contributed by atoms with E-state index in [1.165, 1.54) is 11.8 Å². The van der Waals surface area contributed by atoms with Gasteiger partial charge in [-0.2, -0.15) is 11.8 Å². The summed E-state index contributed by atoms with van der Waals surface area (Å²) in [5, 5.41) is 0. The van der Waals surface area contributed by atoms with Gasteiger partial charge in [-0.25, -0.2) is 8.42 Å². The van der Waals surface area contributed by atoms with Crippen LogP contribution in [0.25, 0.3) is 0 Å². The highest BCUT2D eigenvalue weighted by atomic mass is 32.2. The number of ether oxygens (including phenoxy) is 1. The smallest absolute Gasteiger partial charge is 0.322 e. The first-order valence-electron chi connectivity index (χ1n) is 6.13. The molecule has 0 rings (SSSR count). The molecule has 0 aliphatic carbocycles. The lowest BCUT2D eigenvalue weighted by atomic mass is 10.2. The minimum Gasteiger partial charge on any atom is -0.465 e. The molecule has 0 aromatic carbocycles. The molecule has 0 aliphatic heterocycles. The molecule has 0 aromatic heterocycles. The predicted molar refractivity (Wildman–Crippen MR) is 75.5 cm³/mol. The van der Waals surface area contributed by atoms with Crippen molar-refractivity contribution < 1.29 is 17.9 Å². The molecule has 0 aromatic rings. The molecule has 0 amide bonds. The molecule has 1 unspecified atom stereocenters. The standard InChI is InChI=1S/C11H23NO4S2/c1-3-8-18(14,15)9-7-17-6-5-10(12)11(13)16-4-2/h10H,3-9,12H2,1-2H3. The number of nitrogens with two attached hydrogens (primary N) is 1. The maximum Gasteiger partial charge on any atom is 0.322 e. The minimum atomic E-state index is -2.90. The van der Waals surface area contributed by atoms with Crippen molar-refractivity contribution in [2.45, 2.75) is 32.7 Å². The van der Waals surface area contributed by atoms with Crippen molar-refractivity contribution in [2.75, 3.05) is 29.6 Å². The van der Waals surface area contributed by atoms with Crippen LogP contribution in [0.4, 0.5) is 0 Å². The first kappa shape index (κ1) is 17.7. The summed E-state index contributed by atoms with van der Waals surface area (Å²) in [4.78, 5) is 11.2. The Morgan fingerprint density at radius 2 is 1.94 bits per heavy atom. The molecule has 2 N–H and O–H groups in total. The van der Waals surface area contributed by atoms with Crippen LogP contribution in [0.1, 0.15) is 26.7 Å². The summed E-state index contributed by atoms with van der Waals surface area (Å²) < 4.78 is 27.6. The van der Waals surface area contributed by atoms with Crippen molar-refractivity contribution in [1.82, 2.24) is 0 Å². The number of carbonyl (C=O) groups is 1. The molecule has 18 heavy (non-hydrogen) atoms. The molecule has 7 heteroatoms. The van der Waals surface area contributed by atoms with Crippen molar-refractivity contribution in [1.29, 1.82) is 0 Å². The molecule has 0 saturated heterocycles. The monoisotopic (exact) mass is 297 g/mol. The second-order valence-corrected chi connectivity index (χ2v) is 7.44.